The number of ether oxygens (including phenoxy) is 1. The molecule has 0 aromatic heterocycles. The third-order valence-corrected chi connectivity index (χ3v) is 6.83. The van der Waals surface area contributed by atoms with Gasteiger partial charge in [-0.1, -0.05) is 30.3 Å². The Bertz CT molecular complexity index is 877. The molecule has 2 bridgehead atoms. The molecule has 2 aromatic carbocycles. The second-order valence-corrected chi connectivity index (χ2v) is 7.88. The van der Waals surface area contributed by atoms with Gasteiger partial charge in [-0.25, -0.2) is 4.79 Å². The monoisotopic (exact) mass is 349 g/mol. The van der Waals surface area contributed by atoms with E-state index >= 15 is 0 Å². The van der Waals surface area contributed by atoms with Gasteiger partial charge < -0.3 is 15.2 Å². The van der Waals surface area contributed by atoms with Crippen LogP contribution in [0.25, 0.3) is 0 Å². The predicted molar refractivity (Wildman–Crippen MR) is 99.8 cm³/mol. The molecule has 3 aliphatic rings. The topological polar surface area (TPSA) is 58.6 Å². The number of nitrogens with one attached hydrogen (secondary N) is 1. The van der Waals surface area contributed by atoms with Gasteiger partial charge in [-0.3, -0.25) is 0 Å². The molecule has 2 N–H and O–H groups in total. The third-order valence-electron chi connectivity index (χ3n) is 6.83. The first-order chi connectivity index (χ1) is 12.7. The fourth-order valence-corrected chi connectivity index (χ4v) is 5.92. The average Bonchev–Trinajstić information content (AvgIpc) is 3.29. The lowest BCUT2D eigenvalue weighted by Gasteiger charge is -2.44. The van der Waals surface area contributed by atoms with E-state index in [1.54, 1.807) is 13.2 Å². The van der Waals surface area contributed by atoms with E-state index in [1.165, 1.54) is 24.8 Å². The van der Waals surface area contributed by atoms with Gasteiger partial charge in [0.25, 0.3) is 0 Å². The molecule has 5 rings (SSSR count). The van der Waals surface area contributed by atoms with E-state index in [4.69, 9.17) is 4.74 Å². The van der Waals surface area contributed by atoms with Gasteiger partial charge >= 0.3 is 5.97 Å². The quantitative estimate of drug-likeness (QED) is 0.844. The molecule has 0 amide bonds. The summed E-state index contributed by atoms with van der Waals surface area (Å²) in [5.74, 6) is 2.33. The zero-order valence-corrected chi connectivity index (χ0v) is 14.8. The Kier molecular flexibility index (Phi) is 3.49. The number of aromatic carboxylic acids is 1. The normalized spacial score (nSPS) is 31.0. The molecule has 2 aromatic rings. The number of carbonyl (C=O) groups is 1. The number of methoxy groups -OCH3 is 1. The summed E-state index contributed by atoms with van der Waals surface area (Å²) in [4.78, 5) is 11.8. The first kappa shape index (κ1) is 15.7. The maximum atomic E-state index is 11.8. The number of carboxylic acids is 1. The van der Waals surface area contributed by atoms with Crippen molar-refractivity contribution < 1.29 is 14.6 Å². The Morgan fingerprint density at radius 3 is 2.65 bits per heavy atom. The van der Waals surface area contributed by atoms with Gasteiger partial charge in [-0.15, -0.1) is 0 Å². The zero-order valence-electron chi connectivity index (χ0n) is 14.8. The van der Waals surface area contributed by atoms with E-state index in [0.29, 0.717) is 29.2 Å². The highest BCUT2D eigenvalue weighted by atomic mass is 16.5. The van der Waals surface area contributed by atoms with Gasteiger partial charge in [-0.05, 0) is 60.6 Å². The minimum absolute atomic E-state index is 0.0967. The van der Waals surface area contributed by atoms with E-state index in [2.05, 4.69) is 17.4 Å². The first-order valence-electron chi connectivity index (χ1n) is 9.44. The maximum Gasteiger partial charge on any atom is 0.337 e. The lowest BCUT2D eigenvalue weighted by molar-refractivity contribution is 0.0697. The number of hydrogen-bond donors (Lipinski definition) is 2. The van der Waals surface area contributed by atoms with Crippen molar-refractivity contribution in [2.24, 2.45) is 17.8 Å². The van der Waals surface area contributed by atoms with Gasteiger partial charge in [0.05, 0.1) is 24.4 Å². The van der Waals surface area contributed by atoms with Crippen LogP contribution in [-0.4, -0.2) is 18.2 Å². The molecule has 4 nitrogen and oxygen atoms in total. The summed E-state index contributed by atoms with van der Waals surface area (Å²) >= 11 is 0. The highest BCUT2D eigenvalue weighted by molar-refractivity contribution is 5.95. The van der Waals surface area contributed by atoms with E-state index in [9.17, 15) is 9.90 Å². The standard InChI is InChI=1S/C22H23NO3/c1-26-17-8-3-2-5-14(17)21-19-13-10-9-12(11-13)18(19)15-6-4-7-16(22(24)25)20(15)23-21/h2-8,12-13,18-19,21,23H,9-11H2,1H3,(H,24,25)/t12-,13+,18-,19+,21+/m0/s1. The van der Waals surface area contributed by atoms with Crippen LogP contribution in [-0.2, 0) is 0 Å². The molecule has 5 atom stereocenters. The fourth-order valence-electron chi connectivity index (χ4n) is 5.92. The van der Waals surface area contributed by atoms with Gasteiger partial charge in [0.2, 0.25) is 0 Å². The van der Waals surface area contributed by atoms with Crippen molar-refractivity contribution in [3.63, 3.8) is 0 Å². The summed E-state index contributed by atoms with van der Waals surface area (Å²) in [6.07, 6.45) is 3.81. The van der Waals surface area contributed by atoms with Crippen LogP contribution >= 0.6 is 0 Å². The number of anilines is 1. The largest absolute Gasteiger partial charge is 0.496 e. The van der Waals surface area contributed by atoms with Gasteiger partial charge in [0, 0.05) is 5.56 Å². The Balaban J connectivity index is 1.69. The lowest BCUT2D eigenvalue weighted by Crippen LogP contribution is -2.36. The van der Waals surface area contributed by atoms with Crippen LogP contribution in [0.3, 0.4) is 0 Å². The molecular weight excluding hydrogens is 326 g/mol. The molecule has 0 radical (unpaired) electrons. The van der Waals surface area contributed by atoms with Crippen LogP contribution in [0.5, 0.6) is 5.75 Å². The van der Waals surface area contributed by atoms with Crippen molar-refractivity contribution in [1.29, 1.82) is 0 Å². The molecule has 1 heterocycles. The van der Waals surface area contributed by atoms with Crippen LogP contribution in [0.4, 0.5) is 5.69 Å². The van der Waals surface area contributed by atoms with Crippen molar-refractivity contribution in [1.82, 2.24) is 0 Å². The van der Waals surface area contributed by atoms with Crippen LogP contribution in [0, 0.1) is 17.8 Å². The Hall–Kier alpha value is -2.49. The molecule has 0 spiro atoms. The number of carboxylic acid groups (broad SMARTS) is 1. The summed E-state index contributed by atoms with van der Waals surface area (Å²) in [6.45, 7) is 0. The zero-order chi connectivity index (χ0) is 17.8. The molecule has 26 heavy (non-hydrogen) atoms. The van der Waals surface area contributed by atoms with E-state index < -0.39 is 5.97 Å². The number of benzene rings is 2. The van der Waals surface area contributed by atoms with Gasteiger partial charge in [-0.2, -0.15) is 0 Å². The fraction of sp³-hybridized carbons (Fsp3) is 0.409. The SMILES string of the molecule is COc1ccccc1[C@H]1Nc2c(C(=O)O)cccc2[C@@H]2[C@H]3CC[C@H](C3)[C@H]21. The summed E-state index contributed by atoms with van der Waals surface area (Å²) < 4.78 is 5.64. The first-order valence-corrected chi connectivity index (χ1v) is 9.44. The Morgan fingerprint density at radius 2 is 1.85 bits per heavy atom. The summed E-state index contributed by atoms with van der Waals surface area (Å²) in [7, 11) is 1.70. The molecule has 0 saturated heterocycles. The average molecular weight is 349 g/mol. The minimum Gasteiger partial charge on any atom is -0.496 e. The third kappa shape index (κ3) is 2.11. The van der Waals surface area contributed by atoms with Crippen LogP contribution in [0.1, 0.15) is 52.7 Å². The van der Waals surface area contributed by atoms with E-state index in [1.807, 2.05) is 24.3 Å². The van der Waals surface area contributed by atoms with Crippen LogP contribution < -0.4 is 10.1 Å². The molecular formula is C22H23NO3. The summed E-state index contributed by atoms with van der Waals surface area (Å²) in [6, 6.07) is 14.0. The van der Waals surface area contributed by atoms with Gasteiger partial charge in [0.15, 0.2) is 0 Å². The molecule has 0 unspecified atom stereocenters. The van der Waals surface area contributed by atoms with E-state index in [-0.39, 0.29) is 6.04 Å². The maximum absolute atomic E-state index is 11.8. The molecule has 2 saturated carbocycles. The van der Waals surface area contributed by atoms with Crippen molar-refractivity contribution >= 4 is 11.7 Å². The number of fused-ring (bicyclic) bond motifs is 7. The molecule has 134 valence electrons. The molecule has 4 heteroatoms. The number of para-hydroxylation sites is 2. The molecule has 1 aliphatic heterocycles. The Labute approximate surface area is 153 Å². The van der Waals surface area contributed by atoms with Crippen LogP contribution in [0.15, 0.2) is 42.5 Å². The molecule has 2 fully saturated rings. The lowest BCUT2D eigenvalue weighted by atomic mass is 9.67. The number of rotatable bonds is 3. The minimum atomic E-state index is -0.866. The smallest absolute Gasteiger partial charge is 0.337 e. The van der Waals surface area contributed by atoms with Crippen molar-refractivity contribution in [2.75, 3.05) is 12.4 Å². The summed E-state index contributed by atoms with van der Waals surface area (Å²) in [5.41, 5.74) is 3.53. The van der Waals surface area contributed by atoms with Crippen molar-refractivity contribution in [3.05, 3.63) is 59.2 Å². The predicted octanol–water partition coefficient (Wildman–Crippen LogP) is 4.69. The van der Waals surface area contributed by atoms with Crippen molar-refractivity contribution in [3.8, 4) is 5.75 Å². The second-order valence-electron chi connectivity index (χ2n) is 7.88. The van der Waals surface area contributed by atoms with Crippen molar-refractivity contribution in [2.45, 2.75) is 31.2 Å². The number of hydrogen-bond acceptors (Lipinski definition) is 3. The summed E-state index contributed by atoms with van der Waals surface area (Å²) in [5, 5.41) is 13.3. The Morgan fingerprint density at radius 1 is 1.08 bits per heavy atom. The highest BCUT2D eigenvalue weighted by Crippen LogP contribution is 2.64. The van der Waals surface area contributed by atoms with Crippen LogP contribution in [0.2, 0.25) is 0 Å². The molecule has 2 aliphatic carbocycles. The van der Waals surface area contributed by atoms with Gasteiger partial charge in [0.1, 0.15) is 5.75 Å². The highest BCUT2D eigenvalue weighted by Gasteiger charge is 2.54. The second kappa shape index (κ2) is 5.76. The van der Waals surface area contributed by atoms with E-state index in [0.717, 1.165) is 17.0 Å².